The van der Waals surface area contributed by atoms with Gasteiger partial charge in [-0.15, -0.1) is 11.8 Å². The normalized spacial score (nSPS) is 22.5. The van der Waals surface area contributed by atoms with E-state index in [2.05, 4.69) is 22.5 Å². The van der Waals surface area contributed by atoms with Crippen LogP contribution in [0.1, 0.15) is 78.6 Å². The molecule has 4 atom stereocenters. The van der Waals surface area contributed by atoms with Crippen LogP contribution in [0, 0.1) is 35.0 Å². The standard InChI is InChI=1S/C27H45N3O6/c1-19(35-17-14-27(2,3)25(32)33)13-16-29-24(31)23(12-8-9-15-28)30-26(34)36-18-22-20-10-6-4-5-7-11-21(20)22/h19-23H,6-18,28H2,1-3H3,(H,29,31)(H,30,34)(H,32,33). The van der Waals surface area contributed by atoms with Crippen molar-refractivity contribution in [2.75, 3.05) is 26.3 Å². The zero-order valence-electron chi connectivity index (χ0n) is 22.1. The van der Waals surface area contributed by atoms with Gasteiger partial charge in [0.05, 0.1) is 18.1 Å². The minimum Gasteiger partial charge on any atom is -0.481 e. The number of nitrogens with one attached hydrogen (secondary N) is 2. The van der Waals surface area contributed by atoms with Gasteiger partial charge in [0.15, 0.2) is 0 Å². The van der Waals surface area contributed by atoms with Crippen LogP contribution in [-0.2, 0) is 19.1 Å². The molecular formula is C27H45N3O6. The minimum atomic E-state index is -0.853. The number of rotatable bonds is 16. The summed E-state index contributed by atoms with van der Waals surface area (Å²) < 4.78 is 11.2. The van der Waals surface area contributed by atoms with Crippen molar-refractivity contribution in [1.29, 1.82) is 0 Å². The predicted molar refractivity (Wildman–Crippen MR) is 137 cm³/mol. The molecule has 0 bridgehead atoms. The molecule has 204 valence electrons. The number of hydrogen-bond donors (Lipinski definition) is 4. The van der Waals surface area contributed by atoms with E-state index in [1.165, 1.54) is 0 Å². The van der Waals surface area contributed by atoms with Gasteiger partial charge in [0.25, 0.3) is 0 Å². The smallest absolute Gasteiger partial charge is 0.407 e. The van der Waals surface area contributed by atoms with E-state index in [1.807, 2.05) is 6.92 Å². The molecule has 2 rings (SSSR count). The van der Waals surface area contributed by atoms with Gasteiger partial charge < -0.3 is 30.9 Å². The second kappa shape index (κ2) is 15.1. The first-order valence-corrected chi connectivity index (χ1v) is 13.4. The molecule has 0 aromatic heterocycles. The minimum absolute atomic E-state index is 0.135. The number of fused-ring (bicyclic) bond motifs is 1. The Morgan fingerprint density at radius 2 is 1.78 bits per heavy atom. The summed E-state index contributed by atoms with van der Waals surface area (Å²) >= 11 is 0. The fourth-order valence-electron chi connectivity index (χ4n) is 4.63. The number of carboxylic acids is 1. The Labute approximate surface area is 215 Å². The average Bonchev–Trinajstić information content (AvgIpc) is 3.45. The number of ether oxygens (including phenoxy) is 2. The third-order valence-corrected chi connectivity index (χ3v) is 7.36. The zero-order chi connectivity index (χ0) is 26.6. The molecule has 9 nitrogen and oxygen atoms in total. The van der Waals surface area contributed by atoms with Crippen molar-refractivity contribution in [3.8, 4) is 11.8 Å². The molecule has 0 aromatic rings. The molecule has 2 aliphatic carbocycles. The lowest BCUT2D eigenvalue weighted by Crippen LogP contribution is -2.47. The largest absolute Gasteiger partial charge is 0.481 e. The van der Waals surface area contributed by atoms with Gasteiger partial charge in [-0.25, -0.2) is 4.79 Å². The van der Waals surface area contributed by atoms with Crippen LogP contribution < -0.4 is 16.4 Å². The number of aliphatic carboxylic acids is 1. The van der Waals surface area contributed by atoms with Crippen molar-refractivity contribution in [3.05, 3.63) is 0 Å². The van der Waals surface area contributed by atoms with Crippen LogP contribution in [0.3, 0.4) is 0 Å². The van der Waals surface area contributed by atoms with E-state index in [-0.39, 0.29) is 12.0 Å². The van der Waals surface area contributed by atoms with E-state index in [4.69, 9.17) is 15.2 Å². The van der Waals surface area contributed by atoms with E-state index < -0.39 is 23.5 Å². The van der Waals surface area contributed by atoms with Crippen LogP contribution in [0.15, 0.2) is 0 Å². The summed E-state index contributed by atoms with van der Waals surface area (Å²) in [7, 11) is 0. The zero-order valence-corrected chi connectivity index (χ0v) is 22.1. The van der Waals surface area contributed by atoms with Gasteiger partial charge in [-0.1, -0.05) is 0 Å². The SMILES string of the molecule is CC(CCNC(=O)C(CCCCN)NC(=O)OCC1C2CCC#CCCC21)OCCC(C)(C)C(=O)O. The highest BCUT2D eigenvalue weighted by molar-refractivity contribution is 5.85. The van der Waals surface area contributed by atoms with Gasteiger partial charge >= 0.3 is 12.1 Å². The van der Waals surface area contributed by atoms with Gasteiger partial charge in [0, 0.05) is 26.0 Å². The van der Waals surface area contributed by atoms with E-state index in [1.54, 1.807) is 13.8 Å². The molecule has 2 aliphatic rings. The molecule has 0 saturated heterocycles. The monoisotopic (exact) mass is 507 g/mol. The van der Waals surface area contributed by atoms with Crippen LogP contribution in [-0.4, -0.2) is 61.5 Å². The second-order valence-electron chi connectivity index (χ2n) is 10.7. The predicted octanol–water partition coefficient (Wildman–Crippen LogP) is 3.06. The molecule has 1 fully saturated rings. The summed E-state index contributed by atoms with van der Waals surface area (Å²) in [5, 5.41) is 14.8. The topological polar surface area (TPSA) is 140 Å². The molecule has 36 heavy (non-hydrogen) atoms. The van der Waals surface area contributed by atoms with Crippen LogP contribution in [0.25, 0.3) is 0 Å². The van der Waals surface area contributed by atoms with Crippen LogP contribution >= 0.6 is 0 Å². The average molecular weight is 508 g/mol. The van der Waals surface area contributed by atoms with Crippen LogP contribution in [0.2, 0.25) is 0 Å². The van der Waals surface area contributed by atoms with Gasteiger partial charge in [-0.05, 0) is 90.0 Å². The van der Waals surface area contributed by atoms with Gasteiger partial charge in [-0.2, -0.15) is 0 Å². The lowest BCUT2D eigenvalue weighted by atomic mass is 9.90. The molecule has 1 saturated carbocycles. The Bertz CT molecular complexity index is 772. The Kier molecular flexibility index (Phi) is 12.5. The van der Waals surface area contributed by atoms with Gasteiger partial charge in [0.1, 0.15) is 6.04 Å². The van der Waals surface area contributed by atoms with Crippen molar-refractivity contribution in [2.24, 2.45) is 28.9 Å². The fraction of sp³-hybridized carbons (Fsp3) is 0.815. The first-order chi connectivity index (χ1) is 17.2. The summed E-state index contributed by atoms with van der Waals surface area (Å²) in [6, 6.07) is -0.682. The van der Waals surface area contributed by atoms with Gasteiger partial charge in [0.2, 0.25) is 5.91 Å². The molecule has 0 spiro atoms. The highest BCUT2D eigenvalue weighted by atomic mass is 16.5. The van der Waals surface area contributed by atoms with Crippen molar-refractivity contribution in [1.82, 2.24) is 10.6 Å². The van der Waals surface area contributed by atoms with Crippen molar-refractivity contribution in [3.63, 3.8) is 0 Å². The molecule has 2 amide bonds. The third kappa shape index (κ3) is 10.4. The van der Waals surface area contributed by atoms with E-state index in [9.17, 15) is 19.5 Å². The number of carboxylic acid groups (broad SMARTS) is 1. The quantitative estimate of drug-likeness (QED) is 0.186. The Morgan fingerprint density at radius 1 is 1.11 bits per heavy atom. The third-order valence-electron chi connectivity index (χ3n) is 7.36. The number of unbranched alkanes of at least 4 members (excludes halogenated alkanes) is 1. The maximum atomic E-state index is 12.8. The molecule has 0 heterocycles. The number of amides is 2. The summed E-state index contributed by atoms with van der Waals surface area (Å²) in [5.74, 6) is 6.84. The molecule has 0 aromatic carbocycles. The maximum absolute atomic E-state index is 12.8. The summed E-state index contributed by atoms with van der Waals surface area (Å²) in [6.07, 6.45) is 6.23. The van der Waals surface area contributed by atoms with Crippen molar-refractivity contribution in [2.45, 2.75) is 90.7 Å². The highest BCUT2D eigenvalue weighted by Crippen LogP contribution is 2.52. The first-order valence-electron chi connectivity index (χ1n) is 13.4. The van der Waals surface area contributed by atoms with E-state index >= 15 is 0 Å². The van der Waals surface area contributed by atoms with Gasteiger partial charge in [-0.3, -0.25) is 9.59 Å². The van der Waals surface area contributed by atoms with Crippen molar-refractivity contribution < 1.29 is 29.0 Å². The Hall–Kier alpha value is -2.31. The lowest BCUT2D eigenvalue weighted by molar-refractivity contribution is -0.148. The number of hydrogen-bond acceptors (Lipinski definition) is 6. The summed E-state index contributed by atoms with van der Waals surface area (Å²) in [5.41, 5.74) is 4.75. The summed E-state index contributed by atoms with van der Waals surface area (Å²) in [6.45, 7) is 6.86. The lowest BCUT2D eigenvalue weighted by Gasteiger charge is -2.21. The highest BCUT2D eigenvalue weighted by Gasteiger charge is 2.49. The molecule has 4 unspecified atom stereocenters. The number of carbonyl (C=O) groups is 3. The molecule has 9 heteroatoms. The molecular weight excluding hydrogens is 462 g/mol. The second-order valence-corrected chi connectivity index (χ2v) is 10.7. The molecule has 0 radical (unpaired) electrons. The number of carbonyl (C=O) groups excluding carboxylic acids is 2. The Balaban J connectivity index is 1.71. The van der Waals surface area contributed by atoms with Crippen LogP contribution in [0.4, 0.5) is 4.79 Å². The first kappa shape index (κ1) is 29.9. The molecule has 0 aliphatic heterocycles. The molecule has 5 N–H and O–H groups in total. The Morgan fingerprint density at radius 3 is 2.39 bits per heavy atom. The fourth-order valence-corrected chi connectivity index (χ4v) is 4.63. The maximum Gasteiger partial charge on any atom is 0.407 e. The number of nitrogens with two attached hydrogens (primary N) is 1. The summed E-state index contributed by atoms with van der Waals surface area (Å²) in [4.78, 5) is 36.4. The van der Waals surface area contributed by atoms with E-state index in [0.29, 0.717) is 63.3 Å². The van der Waals surface area contributed by atoms with Crippen LogP contribution in [0.5, 0.6) is 0 Å². The van der Waals surface area contributed by atoms with Crippen molar-refractivity contribution >= 4 is 18.0 Å². The van der Waals surface area contributed by atoms with E-state index in [0.717, 1.165) is 38.5 Å². The number of alkyl carbamates (subject to hydrolysis) is 1.